The minimum atomic E-state index is -0.118. The molecule has 4 aromatic rings. The van der Waals surface area contributed by atoms with Gasteiger partial charge in [0.25, 0.3) is 5.91 Å². The molecular formula is C26H27N3O4. The van der Waals surface area contributed by atoms with Crippen LogP contribution in [0.1, 0.15) is 21.7 Å². The number of aryl methyl sites for hydroxylation is 1. The van der Waals surface area contributed by atoms with Crippen molar-refractivity contribution in [2.24, 2.45) is 0 Å². The van der Waals surface area contributed by atoms with Crippen molar-refractivity contribution in [1.29, 1.82) is 0 Å². The smallest absolute Gasteiger partial charge is 0.251 e. The van der Waals surface area contributed by atoms with E-state index in [4.69, 9.17) is 14.2 Å². The second kappa shape index (κ2) is 9.65. The highest BCUT2D eigenvalue weighted by Gasteiger charge is 2.18. The summed E-state index contributed by atoms with van der Waals surface area (Å²) in [6.07, 6.45) is 0.781. The molecule has 33 heavy (non-hydrogen) atoms. The second-order valence-electron chi connectivity index (χ2n) is 7.57. The Morgan fingerprint density at radius 3 is 2.27 bits per heavy atom. The molecule has 1 aromatic heterocycles. The fraction of sp³-hybridized carbons (Fsp3) is 0.231. The Morgan fingerprint density at radius 1 is 0.939 bits per heavy atom. The zero-order chi connectivity index (χ0) is 23.4. The molecule has 3 aromatic carbocycles. The lowest BCUT2D eigenvalue weighted by Crippen LogP contribution is -2.25. The number of carbonyl (C=O) groups excluding carboxylic acids is 1. The molecule has 7 heteroatoms. The van der Waals surface area contributed by atoms with E-state index < -0.39 is 0 Å². The number of benzene rings is 3. The topological polar surface area (TPSA) is 74.6 Å². The third kappa shape index (κ3) is 4.48. The number of aromatic nitrogens is 2. The van der Waals surface area contributed by atoms with Crippen molar-refractivity contribution in [1.82, 2.24) is 14.9 Å². The van der Waals surface area contributed by atoms with Crippen molar-refractivity contribution < 1.29 is 19.0 Å². The summed E-state index contributed by atoms with van der Waals surface area (Å²) >= 11 is 0. The van der Waals surface area contributed by atoms with Gasteiger partial charge in [0.1, 0.15) is 5.82 Å². The van der Waals surface area contributed by atoms with Crippen LogP contribution in [0.15, 0.2) is 60.7 Å². The fourth-order valence-electron chi connectivity index (χ4n) is 3.93. The lowest BCUT2D eigenvalue weighted by atomic mass is 10.1. The first-order valence-corrected chi connectivity index (χ1v) is 10.7. The summed E-state index contributed by atoms with van der Waals surface area (Å²) in [7, 11) is 4.75. The van der Waals surface area contributed by atoms with Crippen LogP contribution in [0.2, 0.25) is 0 Å². The molecular weight excluding hydrogens is 418 g/mol. The molecule has 0 saturated carbocycles. The highest BCUT2D eigenvalue weighted by Crippen LogP contribution is 2.40. The first-order chi connectivity index (χ1) is 16.0. The van der Waals surface area contributed by atoms with Gasteiger partial charge in [-0.25, -0.2) is 4.98 Å². The standard InChI is InChI=1S/C26H27N3O4/c1-17-28-21-14-19(26(30)27-13-12-18-8-6-5-7-9-18)10-11-22(21)29(17)20-15-23(31-2)25(33-4)24(16-20)32-3/h5-11,14-16H,12-13H2,1-4H3,(H,27,30). The molecule has 0 aliphatic carbocycles. The lowest BCUT2D eigenvalue weighted by molar-refractivity contribution is 0.0954. The first kappa shape index (κ1) is 22.2. The number of carbonyl (C=O) groups is 1. The van der Waals surface area contributed by atoms with E-state index in [1.807, 2.05) is 60.0 Å². The maximum Gasteiger partial charge on any atom is 0.251 e. The fourth-order valence-corrected chi connectivity index (χ4v) is 3.93. The van der Waals surface area contributed by atoms with E-state index in [9.17, 15) is 4.79 Å². The summed E-state index contributed by atoms with van der Waals surface area (Å²) in [5.41, 5.74) is 4.20. The molecule has 0 radical (unpaired) electrons. The van der Waals surface area contributed by atoms with Crippen molar-refractivity contribution in [3.05, 3.63) is 77.6 Å². The molecule has 0 spiro atoms. The average molecular weight is 446 g/mol. The van der Waals surface area contributed by atoms with Crippen LogP contribution in [0.3, 0.4) is 0 Å². The Hall–Kier alpha value is -4.00. The number of fused-ring (bicyclic) bond motifs is 1. The van der Waals surface area contributed by atoms with E-state index in [1.54, 1.807) is 21.3 Å². The predicted octanol–water partition coefficient (Wildman–Crippen LogP) is 4.33. The van der Waals surface area contributed by atoms with Gasteiger partial charge in [-0.2, -0.15) is 0 Å². The van der Waals surface area contributed by atoms with Crippen molar-refractivity contribution in [3.8, 4) is 22.9 Å². The van der Waals surface area contributed by atoms with Gasteiger partial charge >= 0.3 is 0 Å². The van der Waals surface area contributed by atoms with Gasteiger partial charge in [0, 0.05) is 24.2 Å². The second-order valence-corrected chi connectivity index (χ2v) is 7.57. The summed E-state index contributed by atoms with van der Waals surface area (Å²) in [4.78, 5) is 17.4. The lowest BCUT2D eigenvalue weighted by Gasteiger charge is -2.15. The number of imidazole rings is 1. The predicted molar refractivity (Wildman–Crippen MR) is 128 cm³/mol. The molecule has 0 saturated heterocycles. The van der Waals surface area contributed by atoms with E-state index in [1.165, 1.54) is 5.56 Å². The zero-order valence-corrected chi connectivity index (χ0v) is 19.2. The summed E-state index contributed by atoms with van der Waals surface area (Å²) < 4.78 is 18.4. The highest BCUT2D eigenvalue weighted by molar-refractivity contribution is 5.97. The third-order valence-electron chi connectivity index (χ3n) is 5.53. The van der Waals surface area contributed by atoms with Gasteiger partial charge < -0.3 is 19.5 Å². The van der Waals surface area contributed by atoms with Crippen LogP contribution in [0.25, 0.3) is 16.7 Å². The monoisotopic (exact) mass is 445 g/mol. The van der Waals surface area contributed by atoms with Gasteiger partial charge in [0.05, 0.1) is 38.1 Å². The van der Waals surface area contributed by atoms with Gasteiger partial charge in [-0.15, -0.1) is 0 Å². The minimum Gasteiger partial charge on any atom is -0.493 e. The first-order valence-electron chi connectivity index (χ1n) is 10.7. The number of amides is 1. The molecule has 170 valence electrons. The van der Waals surface area contributed by atoms with E-state index in [2.05, 4.69) is 22.4 Å². The maximum atomic E-state index is 12.7. The molecule has 1 N–H and O–H groups in total. The van der Waals surface area contributed by atoms with Crippen LogP contribution in [0, 0.1) is 6.92 Å². The molecule has 0 atom stereocenters. The molecule has 1 heterocycles. The Labute approximate surface area is 192 Å². The van der Waals surface area contributed by atoms with Gasteiger partial charge in [0.2, 0.25) is 5.75 Å². The SMILES string of the molecule is COc1cc(-n2c(C)nc3cc(C(=O)NCCc4ccccc4)ccc32)cc(OC)c1OC. The summed E-state index contributed by atoms with van der Waals surface area (Å²) in [5, 5.41) is 2.99. The summed E-state index contributed by atoms with van der Waals surface area (Å²) in [5.74, 6) is 2.30. The maximum absolute atomic E-state index is 12.7. The zero-order valence-electron chi connectivity index (χ0n) is 19.2. The van der Waals surface area contributed by atoms with Gasteiger partial charge in [-0.3, -0.25) is 9.36 Å². The van der Waals surface area contributed by atoms with Gasteiger partial charge in [-0.1, -0.05) is 30.3 Å². The molecule has 0 aliphatic heterocycles. The number of methoxy groups -OCH3 is 3. The molecule has 0 aliphatic rings. The molecule has 0 bridgehead atoms. The largest absolute Gasteiger partial charge is 0.493 e. The quantitative estimate of drug-likeness (QED) is 0.437. The number of rotatable bonds is 8. The van der Waals surface area contributed by atoms with E-state index in [-0.39, 0.29) is 5.91 Å². The van der Waals surface area contributed by atoms with Crippen LogP contribution in [-0.4, -0.2) is 43.3 Å². The molecule has 7 nitrogen and oxygen atoms in total. The van der Waals surface area contributed by atoms with Crippen LogP contribution in [0.5, 0.6) is 17.2 Å². The van der Waals surface area contributed by atoms with E-state index >= 15 is 0 Å². The van der Waals surface area contributed by atoms with Crippen molar-refractivity contribution >= 4 is 16.9 Å². The number of ether oxygens (including phenoxy) is 3. The van der Waals surface area contributed by atoms with Gasteiger partial charge in [0.15, 0.2) is 11.5 Å². The minimum absolute atomic E-state index is 0.118. The number of hydrogen-bond acceptors (Lipinski definition) is 5. The number of hydrogen-bond donors (Lipinski definition) is 1. The van der Waals surface area contributed by atoms with Gasteiger partial charge in [-0.05, 0) is 37.1 Å². The highest BCUT2D eigenvalue weighted by atomic mass is 16.5. The normalized spacial score (nSPS) is 10.8. The van der Waals surface area contributed by atoms with Crippen LogP contribution in [-0.2, 0) is 6.42 Å². The molecule has 0 unspecified atom stereocenters. The Balaban J connectivity index is 1.61. The van der Waals surface area contributed by atoms with Crippen LogP contribution < -0.4 is 19.5 Å². The van der Waals surface area contributed by atoms with Crippen molar-refractivity contribution in [3.63, 3.8) is 0 Å². The average Bonchev–Trinajstić information content (AvgIpc) is 3.18. The van der Waals surface area contributed by atoms with Crippen molar-refractivity contribution in [2.75, 3.05) is 27.9 Å². The molecule has 0 fully saturated rings. The van der Waals surface area contributed by atoms with Crippen molar-refractivity contribution in [2.45, 2.75) is 13.3 Å². The number of nitrogens with one attached hydrogen (secondary N) is 1. The van der Waals surface area contributed by atoms with Crippen LogP contribution in [0.4, 0.5) is 0 Å². The summed E-state index contributed by atoms with van der Waals surface area (Å²) in [6.45, 7) is 2.49. The Bertz CT molecular complexity index is 1260. The molecule has 1 amide bonds. The summed E-state index contributed by atoms with van der Waals surface area (Å²) in [6, 6.07) is 19.4. The molecule has 4 rings (SSSR count). The number of nitrogens with zero attached hydrogens (tertiary/aromatic N) is 2. The van der Waals surface area contributed by atoms with E-state index in [0.29, 0.717) is 29.4 Å². The Morgan fingerprint density at radius 2 is 1.64 bits per heavy atom. The van der Waals surface area contributed by atoms with E-state index in [0.717, 1.165) is 29.0 Å². The van der Waals surface area contributed by atoms with Crippen LogP contribution >= 0.6 is 0 Å². The third-order valence-corrected chi connectivity index (χ3v) is 5.53. The Kier molecular flexibility index (Phi) is 6.49.